The van der Waals surface area contributed by atoms with Crippen molar-refractivity contribution in [3.8, 4) is 0 Å². The van der Waals surface area contributed by atoms with Crippen LogP contribution in [0.5, 0.6) is 0 Å². The summed E-state index contributed by atoms with van der Waals surface area (Å²) in [6.07, 6.45) is 1.36. The lowest BCUT2D eigenvalue weighted by molar-refractivity contribution is 0.601. The van der Waals surface area contributed by atoms with Gasteiger partial charge in [0.05, 0.1) is 21.3 Å². The Morgan fingerprint density at radius 2 is 1.89 bits per heavy atom. The summed E-state index contributed by atoms with van der Waals surface area (Å²) in [6, 6.07) is 8.14. The standard InChI is InChI=1S/C12H10BrClN2O2S/c1-8-2-4-10(5-3-8)19(17,18)16-9-6-11(13)12(14)15-7-9/h2-7,16H,1H3. The summed E-state index contributed by atoms with van der Waals surface area (Å²) >= 11 is 8.94. The minimum absolute atomic E-state index is 0.198. The van der Waals surface area contributed by atoms with E-state index in [1.54, 1.807) is 30.3 Å². The third kappa shape index (κ3) is 3.46. The quantitative estimate of drug-likeness (QED) is 0.850. The van der Waals surface area contributed by atoms with Gasteiger partial charge in [-0.05, 0) is 41.1 Å². The Morgan fingerprint density at radius 3 is 2.47 bits per heavy atom. The van der Waals surface area contributed by atoms with E-state index in [-0.39, 0.29) is 10.0 Å². The normalized spacial score (nSPS) is 11.3. The topological polar surface area (TPSA) is 59.1 Å². The van der Waals surface area contributed by atoms with Crippen molar-refractivity contribution in [3.63, 3.8) is 0 Å². The van der Waals surface area contributed by atoms with Crippen molar-refractivity contribution in [2.24, 2.45) is 0 Å². The summed E-state index contributed by atoms with van der Waals surface area (Å²) in [6.45, 7) is 1.89. The maximum absolute atomic E-state index is 12.1. The SMILES string of the molecule is Cc1ccc(S(=O)(=O)Nc2cnc(Cl)c(Br)c2)cc1. The highest BCUT2D eigenvalue weighted by atomic mass is 79.9. The van der Waals surface area contributed by atoms with Gasteiger partial charge >= 0.3 is 0 Å². The molecular formula is C12H10BrClN2O2S. The van der Waals surface area contributed by atoms with Gasteiger partial charge < -0.3 is 0 Å². The largest absolute Gasteiger partial charge is 0.278 e. The first-order valence-corrected chi connectivity index (χ1v) is 7.94. The van der Waals surface area contributed by atoms with Gasteiger partial charge in [-0.2, -0.15) is 0 Å². The van der Waals surface area contributed by atoms with Crippen LogP contribution in [0, 0.1) is 6.92 Å². The number of pyridine rings is 1. The smallest absolute Gasteiger partial charge is 0.261 e. The second-order valence-corrected chi connectivity index (χ2v) is 6.81. The number of anilines is 1. The lowest BCUT2D eigenvalue weighted by Crippen LogP contribution is -2.13. The third-order valence-electron chi connectivity index (χ3n) is 2.38. The first-order valence-electron chi connectivity index (χ1n) is 5.29. The van der Waals surface area contributed by atoms with E-state index in [9.17, 15) is 8.42 Å². The van der Waals surface area contributed by atoms with Crippen LogP contribution in [0.2, 0.25) is 5.15 Å². The van der Waals surface area contributed by atoms with E-state index in [0.29, 0.717) is 10.2 Å². The summed E-state index contributed by atoms with van der Waals surface area (Å²) in [5.41, 5.74) is 1.34. The van der Waals surface area contributed by atoms with Crippen LogP contribution in [-0.2, 0) is 10.0 Å². The Bertz CT molecular complexity index is 702. The summed E-state index contributed by atoms with van der Waals surface area (Å²) in [4.78, 5) is 4.06. The zero-order valence-electron chi connectivity index (χ0n) is 9.89. The van der Waals surface area contributed by atoms with Crippen LogP contribution in [0.4, 0.5) is 5.69 Å². The van der Waals surface area contributed by atoms with Gasteiger partial charge in [-0.25, -0.2) is 13.4 Å². The maximum atomic E-state index is 12.1. The molecule has 0 fully saturated rings. The molecule has 4 nitrogen and oxygen atoms in total. The minimum atomic E-state index is -3.61. The number of halogens is 2. The molecule has 0 saturated carbocycles. The zero-order valence-corrected chi connectivity index (χ0v) is 13.1. The number of aromatic nitrogens is 1. The number of hydrogen-bond donors (Lipinski definition) is 1. The number of sulfonamides is 1. The molecule has 1 aromatic carbocycles. The van der Waals surface area contributed by atoms with Crippen molar-refractivity contribution >= 4 is 43.2 Å². The molecule has 0 aliphatic heterocycles. The fourth-order valence-corrected chi connectivity index (χ4v) is 2.90. The van der Waals surface area contributed by atoms with Crippen LogP contribution < -0.4 is 4.72 Å². The predicted molar refractivity (Wildman–Crippen MR) is 78.9 cm³/mol. The van der Waals surface area contributed by atoms with Crippen LogP contribution in [0.25, 0.3) is 0 Å². The molecule has 0 spiro atoms. The highest BCUT2D eigenvalue weighted by molar-refractivity contribution is 9.10. The van der Waals surface area contributed by atoms with Gasteiger partial charge in [0.15, 0.2) is 0 Å². The van der Waals surface area contributed by atoms with Crippen molar-refractivity contribution in [1.29, 1.82) is 0 Å². The van der Waals surface area contributed by atoms with Crippen LogP contribution >= 0.6 is 27.5 Å². The molecule has 7 heteroatoms. The molecule has 0 aliphatic carbocycles. The molecule has 100 valence electrons. The molecule has 0 saturated heterocycles. The van der Waals surface area contributed by atoms with Gasteiger partial charge in [0.1, 0.15) is 5.15 Å². The van der Waals surface area contributed by atoms with E-state index < -0.39 is 10.0 Å². The fourth-order valence-electron chi connectivity index (χ4n) is 1.41. The van der Waals surface area contributed by atoms with Crippen molar-refractivity contribution in [2.45, 2.75) is 11.8 Å². The third-order valence-corrected chi connectivity index (χ3v) is 4.91. The molecule has 0 bridgehead atoms. The minimum Gasteiger partial charge on any atom is -0.278 e. The van der Waals surface area contributed by atoms with Crippen LogP contribution in [0.1, 0.15) is 5.56 Å². The number of nitrogens with one attached hydrogen (secondary N) is 1. The molecule has 1 heterocycles. The number of benzene rings is 1. The monoisotopic (exact) mass is 360 g/mol. The molecular weight excluding hydrogens is 352 g/mol. The Balaban J connectivity index is 2.30. The lowest BCUT2D eigenvalue weighted by Gasteiger charge is -2.08. The second kappa shape index (κ2) is 5.48. The van der Waals surface area contributed by atoms with Crippen molar-refractivity contribution in [2.75, 3.05) is 4.72 Å². The van der Waals surface area contributed by atoms with E-state index in [2.05, 4.69) is 25.6 Å². The average Bonchev–Trinajstić information content (AvgIpc) is 2.34. The fraction of sp³-hybridized carbons (Fsp3) is 0.0833. The highest BCUT2D eigenvalue weighted by Crippen LogP contribution is 2.24. The Morgan fingerprint density at radius 1 is 1.26 bits per heavy atom. The second-order valence-electron chi connectivity index (χ2n) is 3.92. The van der Waals surface area contributed by atoms with Gasteiger partial charge in [0.25, 0.3) is 10.0 Å². The van der Waals surface area contributed by atoms with E-state index in [4.69, 9.17) is 11.6 Å². The van der Waals surface area contributed by atoms with Crippen molar-refractivity contribution in [3.05, 3.63) is 51.7 Å². The van der Waals surface area contributed by atoms with Crippen LogP contribution in [0.3, 0.4) is 0 Å². The number of nitrogens with zero attached hydrogens (tertiary/aromatic N) is 1. The summed E-state index contributed by atoms with van der Waals surface area (Å²) in [7, 11) is -3.61. The molecule has 1 N–H and O–H groups in total. The highest BCUT2D eigenvalue weighted by Gasteiger charge is 2.14. The molecule has 2 aromatic rings. The van der Waals surface area contributed by atoms with E-state index in [0.717, 1.165) is 5.56 Å². The predicted octanol–water partition coefficient (Wildman–Crippen LogP) is 3.61. The Kier molecular flexibility index (Phi) is 4.13. The molecule has 0 radical (unpaired) electrons. The van der Waals surface area contributed by atoms with Crippen LogP contribution in [0.15, 0.2) is 45.9 Å². The molecule has 2 rings (SSSR count). The van der Waals surface area contributed by atoms with Crippen LogP contribution in [-0.4, -0.2) is 13.4 Å². The summed E-state index contributed by atoms with van der Waals surface area (Å²) in [5, 5.41) is 0.276. The molecule has 0 aliphatic rings. The Labute approximate surface area is 125 Å². The van der Waals surface area contributed by atoms with E-state index >= 15 is 0 Å². The zero-order chi connectivity index (χ0) is 14.0. The molecule has 19 heavy (non-hydrogen) atoms. The van der Waals surface area contributed by atoms with E-state index in [1.165, 1.54) is 6.20 Å². The number of rotatable bonds is 3. The number of hydrogen-bond acceptors (Lipinski definition) is 3. The Hall–Kier alpha value is -1.11. The maximum Gasteiger partial charge on any atom is 0.261 e. The van der Waals surface area contributed by atoms with E-state index in [1.807, 2.05) is 6.92 Å². The molecule has 0 unspecified atom stereocenters. The van der Waals surface area contributed by atoms with Crippen molar-refractivity contribution < 1.29 is 8.42 Å². The van der Waals surface area contributed by atoms with Gasteiger partial charge in [0.2, 0.25) is 0 Å². The lowest BCUT2D eigenvalue weighted by atomic mass is 10.2. The van der Waals surface area contributed by atoms with Gasteiger partial charge in [0, 0.05) is 0 Å². The first kappa shape index (κ1) is 14.3. The molecule has 0 atom stereocenters. The first-order chi connectivity index (χ1) is 8.88. The number of aryl methyl sites for hydroxylation is 1. The molecule has 0 amide bonds. The molecule has 1 aromatic heterocycles. The van der Waals surface area contributed by atoms with Crippen molar-refractivity contribution in [1.82, 2.24) is 4.98 Å². The van der Waals surface area contributed by atoms with Gasteiger partial charge in [-0.1, -0.05) is 29.3 Å². The van der Waals surface area contributed by atoms with Gasteiger partial charge in [-0.15, -0.1) is 0 Å². The van der Waals surface area contributed by atoms with Gasteiger partial charge in [-0.3, -0.25) is 4.72 Å². The summed E-state index contributed by atoms with van der Waals surface area (Å²) in [5.74, 6) is 0. The average molecular weight is 362 g/mol. The summed E-state index contributed by atoms with van der Waals surface area (Å²) < 4.78 is 27.2.